The molecule has 140 valence electrons. The Morgan fingerprint density at radius 1 is 1.15 bits per heavy atom. The Balaban J connectivity index is 2.46. The third kappa shape index (κ3) is 4.82. The molecule has 0 bridgehead atoms. The Morgan fingerprint density at radius 2 is 1.81 bits per heavy atom. The maximum atomic E-state index is 12.0. The molecule has 0 amide bonds. The van der Waals surface area contributed by atoms with Gasteiger partial charge < -0.3 is 5.32 Å². The van der Waals surface area contributed by atoms with E-state index in [9.17, 15) is 18.5 Å². The van der Waals surface area contributed by atoms with Crippen LogP contribution in [0.4, 0.5) is 11.4 Å². The van der Waals surface area contributed by atoms with Crippen molar-refractivity contribution >= 4 is 21.2 Å². The summed E-state index contributed by atoms with van der Waals surface area (Å²) in [5.41, 5.74) is 2.40. The molecule has 0 saturated carbocycles. The van der Waals surface area contributed by atoms with E-state index >= 15 is 0 Å². The van der Waals surface area contributed by atoms with Crippen molar-refractivity contribution in [3.8, 4) is 0 Å². The van der Waals surface area contributed by atoms with Gasteiger partial charge in [0.05, 0.1) is 11.0 Å². The normalized spacial score (nSPS) is 12.8. The summed E-state index contributed by atoms with van der Waals surface area (Å²) < 4.78 is 23.9. The fraction of sp³-hybridized carbons (Fsp3) is 0.368. The third-order valence-electron chi connectivity index (χ3n) is 4.17. The van der Waals surface area contributed by atoms with E-state index in [1.54, 1.807) is 6.07 Å². The van der Waals surface area contributed by atoms with E-state index in [2.05, 4.69) is 19.2 Å². The standard InChI is InChI=1S/C19H24N2O4S/c1-13(2)11-17(16-8-6-5-7-14(16)3)20-15-9-10-18(21(22)23)19(12-15)26(4,24)25/h5-10,12-13,17,20H,11H2,1-4H3. The second kappa shape index (κ2) is 7.86. The van der Waals surface area contributed by atoms with Crippen molar-refractivity contribution in [2.75, 3.05) is 11.6 Å². The number of anilines is 1. The Morgan fingerprint density at radius 3 is 2.35 bits per heavy atom. The molecule has 2 aromatic rings. The van der Waals surface area contributed by atoms with Crippen molar-refractivity contribution in [3.63, 3.8) is 0 Å². The molecule has 1 atom stereocenters. The van der Waals surface area contributed by atoms with E-state index in [1.165, 1.54) is 12.1 Å². The minimum absolute atomic E-state index is 0.0231. The van der Waals surface area contributed by atoms with Crippen molar-refractivity contribution < 1.29 is 13.3 Å². The number of benzene rings is 2. The first kappa shape index (κ1) is 19.9. The van der Waals surface area contributed by atoms with Crippen LogP contribution >= 0.6 is 0 Å². The van der Waals surface area contributed by atoms with Gasteiger partial charge >= 0.3 is 0 Å². The van der Waals surface area contributed by atoms with E-state index in [0.29, 0.717) is 11.6 Å². The van der Waals surface area contributed by atoms with E-state index < -0.39 is 20.4 Å². The lowest BCUT2D eigenvalue weighted by Gasteiger charge is -2.24. The topological polar surface area (TPSA) is 89.3 Å². The van der Waals surface area contributed by atoms with Gasteiger partial charge in [-0.15, -0.1) is 0 Å². The van der Waals surface area contributed by atoms with Gasteiger partial charge in [0.25, 0.3) is 5.69 Å². The number of nitrogens with one attached hydrogen (secondary N) is 1. The minimum Gasteiger partial charge on any atom is -0.378 e. The second-order valence-electron chi connectivity index (χ2n) is 6.89. The summed E-state index contributed by atoms with van der Waals surface area (Å²) in [6.07, 6.45) is 1.82. The summed E-state index contributed by atoms with van der Waals surface area (Å²) in [4.78, 5) is 10.2. The molecule has 0 radical (unpaired) electrons. The van der Waals surface area contributed by atoms with Crippen LogP contribution in [0.3, 0.4) is 0 Å². The number of nitro benzene ring substituents is 1. The van der Waals surface area contributed by atoms with Gasteiger partial charge in [-0.05, 0) is 42.5 Å². The van der Waals surface area contributed by atoms with Crippen LogP contribution in [0.1, 0.15) is 37.4 Å². The van der Waals surface area contributed by atoms with Crippen molar-refractivity contribution in [2.24, 2.45) is 5.92 Å². The fourth-order valence-electron chi connectivity index (χ4n) is 2.97. The molecular weight excluding hydrogens is 352 g/mol. The van der Waals surface area contributed by atoms with E-state index in [4.69, 9.17) is 0 Å². The second-order valence-corrected chi connectivity index (χ2v) is 8.88. The molecule has 0 aromatic heterocycles. The molecule has 0 aliphatic carbocycles. The monoisotopic (exact) mass is 376 g/mol. The molecular formula is C19H24N2O4S. The van der Waals surface area contributed by atoms with Crippen molar-refractivity contribution in [2.45, 2.75) is 38.1 Å². The Hall–Kier alpha value is -2.41. The van der Waals surface area contributed by atoms with Gasteiger partial charge in [0, 0.05) is 18.0 Å². The lowest BCUT2D eigenvalue weighted by molar-refractivity contribution is -0.387. The summed E-state index contributed by atoms with van der Waals surface area (Å²) in [6.45, 7) is 6.26. The van der Waals surface area contributed by atoms with Crippen molar-refractivity contribution in [3.05, 3.63) is 63.7 Å². The van der Waals surface area contributed by atoms with Crippen LogP contribution in [-0.4, -0.2) is 19.6 Å². The number of hydrogen-bond acceptors (Lipinski definition) is 5. The fourth-order valence-corrected chi connectivity index (χ4v) is 3.83. The number of nitro groups is 1. The molecule has 0 fully saturated rings. The van der Waals surface area contributed by atoms with Gasteiger partial charge in [0.15, 0.2) is 9.84 Å². The molecule has 0 aliphatic rings. The van der Waals surface area contributed by atoms with Gasteiger partial charge in [-0.2, -0.15) is 0 Å². The molecule has 7 heteroatoms. The van der Waals surface area contributed by atoms with E-state index in [0.717, 1.165) is 23.8 Å². The zero-order valence-electron chi connectivity index (χ0n) is 15.4. The average molecular weight is 376 g/mol. The summed E-state index contributed by atoms with van der Waals surface area (Å²) in [7, 11) is -3.71. The predicted octanol–water partition coefficient (Wildman–Crippen LogP) is 4.51. The molecule has 2 aromatic carbocycles. The van der Waals surface area contributed by atoms with Crippen molar-refractivity contribution in [1.82, 2.24) is 0 Å². The van der Waals surface area contributed by atoms with Crippen LogP contribution in [0, 0.1) is 23.0 Å². The summed E-state index contributed by atoms with van der Waals surface area (Å²) in [6, 6.07) is 12.1. The smallest absolute Gasteiger partial charge is 0.288 e. The summed E-state index contributed by atoms with van der Waals surface area (Å²) in [5.74, 6) is 0.416. The number of sulfone groups is 1. The van der Waals surface area contributed by atoms with Gasteiger partial charge in [0.1, 0.15) is 4.90 Å². The molecule has 0 saturated heterocycles. The molecule has 6 nitrogen and oxygen atoms in total. The maximum Gasteiger partial charge on any atom is 0.288 e. The largest absolute Gasteiger partial charge is 0.378 e. The first-order valence-corrected chi connectivity index (χ1v) is 10.3. The first-order valence-electron chi connectivity index (χ1n) is 8.40. The van der Waals surface area contributed by atoms with Crippen LogP contribution in [-0.2, 0) is 9.84 Å². The van der Waals surface area contributed by atoms with E-state index in [-0.39, 0.29) is 10.9 Å². The Kier molecular flexibility index (Phi) is 6.02. The predicted molar refractivity (Wildman–Crippen MR) is 103 cm³/mol. The van der Waals surface area contributed by atoms with Crippen LogP contribution in [0.5, 0.6) is 0 Å². The zero-order chi connectivity index (χ0) is 19.5. The molecule has 1 N–H and O–H groups in total. The molecule has 2 rings (SSSR count). The van der Waals surface area contributed by atoms with Gasteiger partial charge in [-0.25, -0.2) is 8.42 Å². The number of rotatable bonds is 7. The quantitative estimate of drug-likeness (QED) is 0.567. The summed E-state index contributed by atoms with van der Waals surface area (Å²) in [5, 5.41) is 14.5. The van der Waals surface area contributed by atoms with Crippen LogP contribution < -0.4 is 5.32 Å². The number of aryl methyl sites for hydroxylation is 1. The molecule has 1 unspecified atom stereocenters. The third-order valence-corrected chi connectivity index (χ3v) is 5.29. The van der Waals surface area contributed by atoms with Crippen molar-refractivity contribution in [1.29, 1.82) is 0 Å². The minimum atomic E-state index is -3.71. The zero-order valence-corrected chi connectivity index (χ0v) is 16.2. The highest BCUT2D eigenvalue weighted by molar-refractivity contribution is 7.90. The SMILES string of the molecule is Cc1ccccc1C(CC(C)C)Nc1ccc([N+](=O)[O-])c(S(C)(=O)=O)c1. The van der Waals surface area contributed by atoms with Crippen LogP contribution in [0.2, 0.25) is 0 Å². The Bertz CT molecular complexity index is 908. The highest BCUT2D eigenvalue weighted by Crippen LogP contribution is 2.32. The van der Waals surface area contributed by atoms with Crippen LogP contribution in [0.15, 0.2) is 47.4 Å². The highest BCUT2D eigenvalue weighted by atomic mass is 32.2. The molecule has 0 heterocycles. The molecule has 26 heavy (non-hydrogen) atoms. The van der Waals surface area contributed by atoms with E-state index in [1.807, 2.05) is 31.2 Å². The average Bonchev–Trinajstić information content (AvgIpc) is 2.53. The Labute approximate surface area is 154 Å². The first-order chi connectivity index (χ1) is 12.1. The lowest BCUT2D eigenvalue weighted by atomic mass is 9.93. The van der Waals surface area contributed by atoms with Gasteiger partial charge in [-0.3, -0.25) is 10.1 Å². The summed E-state index contributed by atoms with van der Waals surface area (Å²) >= 11 is 0. The highest BCUT2D eigenvalue weighted by Gasteiger charge is 2.23. The molecule has 0 aliphatic heterocycles. The number of nitrogens with zero attached hydrogens (tertiary/aromatic N) is 1. The molecule has 0 spiro atoms. The van der Waals surface area contributed by atoms with Crippen LogP contribution in [0.25, 0.3) is 0 Å². The lowest BCUT2D eigenvalue weighted by Crippen LogP contribution is -2.15. The maximum absolute atomic E-state index is 12.0. The van der Waals surface area contributed by atoms with Gasteiger partial charge in [0.2, 0.25) is 0 Å². The van der Waals surface area contributed by atoms with Gasteiger partial charge in [-0.1, -0.05) is 38.1 Å². The number of hydrogen-bond donors (Lipinski definition) is 1.